The number of fused-ring (bicyclic) bond motifs is 8. The highest BCUT2D eigenvalue weighted by molar-refractivity contribution is 6.25. The van der Waals surface area contributed by atoms with Crippen LogP contribution in [0.15, 0.2) is 158 Å². The van der Waals surface area contributed by atoms with Gasteiger partial charge in [0, 0.05) is 10.8 Å². The summed E-state index contributed by atoms with van der Waals surface area (Å²) in [6, 6.07) is 59.3. The highest BCUT2D eigenvalue weighted by Gasteiger charge is 2.37. The monoisotopic (exact) mass is 638 g/mol. The van der Waals surface area contributed by atoms with Crippen LogP contribution in [0.1, 0.15) is 49.9 Å². The van der Waals surface area contributed by atoms with Crippen molar-refractivity contribution in [2.45, 2.75) is 38.5 Å². The number of rotatable bonds is 3. The number of hydrogen-bond acceptors (Lipinski definition) is 0. The van der Waals surface area contributed by atoms with Gasteiger partial charge in [0.25, 0.3) is 0 Å². The minimum absolute atomic E-state index is 0.0719. The second kappa shape index (κ2) is 10.4. The van der Waals surface area contributed by atoms with Crippen LogP contribution in [0.25, 0.3) is 77.2 Å². The average molecular weight is 639 g/mol. The third-order valence-electron chi connectivity index (χ3n) is 11.9. The van der Waals surface area contributed by atoms with Crippen LogP contribution in [0.3, 0.4) is 0 Å². The van der Waals surface area contributed by atoms with Crippen LogP contribution < -0.4 is 0 Å². The lowest BCUT2D eigenvalue weighted by Gasteiger charge is -2.24. The molecule has 0 nitrogen and oxygen atoms in total. The van der Waals surface area contributed by atoms with E-state index in [1.165, 1.54) is 99.4 Å². The predicted octanol–water partition coefficient (Wildman–Crippen LogP) is 13.6. The SMILES string of the molecule is CC1(C)c2ccccc2-c2ccc(-c3c4ccccc4c(-c4ccc5c(c4)C(C)(C)c4ccccc4-5)c4c(-c5ccccc5)cccc34)cc21. The van der Waals surface area contributed by atoms with E-state index in [2.05, 4.69) is 185 Å². The van der Waals surface area contributed by atoms with Gasteiger partial charge in [0.1, 0.15) is 0 Å². The molecule has 0 heteroatoms. The number of hydrogen-bond donors (Lipinski definition) is 0. The molecule has 0 saturated carbocycles. The van der Waals surface area contributed by atoms with Gasteiger partial charge in [-0.3, -0.25) is 0 Å². The van der Waals surface area contributed by atoms with Crippen LogP contribution >= 0.6 is 0 Å². The third-order valence-corrected chi connectivity index (χ3v) is 11.9. The molecule has 8 aromatic rings. The Kier molecular flexibility index (Phi) is 6.07. The lowest BCUT2D eigenvalue weighted by Crippen LogP contribution is -2.15. The first-order valence-electron chi connectivity index (χ1n) is 17.9. The summed E-state index contributed by atoms with van der Waals surface area (Å²) in [6.45, 7) is 9.51. The molecule has 0 N–H and O–H groups in total. The number of benzene rings is 8. The second-order valence-electron chi connectivity index (χ2n) is 15.3. The van der Waals surface area contributed by atoms with Crippen molar-refractivity contribution >= 4 is 21.5 Å². The first-order chi connectivity index (χ1) is 24.3. The van der Waals surface area contributed by atoms with Gasteiger partial charge < -0.3 is 0 Å². The van der Waals surface area contributed by atoms with E-state index in [0.29, 0.717) is 0 Å². The van der Waals surface area contributed by atoms with E-state index in [-0.39, 0.29) is 10.8 Å². The van der Waals surface area contributed by atoms with Crippen molar-refractivity contribution in [1.29, 1.82) is 0 Å². The van der Waals surface area contributed by atoms with Gasteiger partial charge in [-0.1, -0.05) is 173 Å². The van der Waals surface area contributed by atoms with Crippen molar-refractivity contribution in [2.75, 3.05) is 0 Å². The molecular weight excluding hydrogens is 601 g/mol. The summed E-state index contributed by atoms with van der Waals surface area (Å²) in [6.07, 6.45) is 0. The molecule has 0 aliphatic heterocycles. The molecule has 0 saturated heterocycles. The minimum Gasteiger partial charge on any atom is -0.0622 e. The Labute approximate surface area is 294 Å². The summed E-state index contributed by atoms with van der Waals surface area (Å²) in [5.74, 6) is 0. The van der Waals surface area contributed by atoms with Crippen LogP contribution in [0.5, 0.6) is 0 Å². The summed E-state index contributed by atoms with van der Waals surface area (Å²) >= 11 is 0. The van der Waals surface area contributed by atoms with Gasteiger partial charge >= 0.3 is 0 Å². The fourth-order valence-corrected chi connectivity index (χ4v) is 9.42. The lowest BCUT2D eigenvalue weighted by atomic mass is 9.78. The smallest absolute Gasteiger partial charge is 0.0159 e. The molecule has 0 heterocycles. The van der Waals surface area contributed by atoms with Gasteiger partial charge in [-0.05, 0) is 112 Å². The van der Waals surface area contributed by atoms with E-state index >= 15 is 0 Å². The molecule has 0 aromatic heterocycles. The maximum atomic E-state index is 2.49. The Balaban J connectivity index is 1.31. The second-order valence-corrected chi connectivity index (χ2v) is 15.3. The van der Waals surface area contributed by atoms with E-state index in [0.717, 1.165) is 0 Å². The van der Waals surface area contributed by atoms with Crippen molar-refractivity contribution in [3.8, 4) is 55.6 Å². The Hall–Kier alpha value is -5.72. The molecule has 10 rings (SSSR count). The molecule has 50 heavy (non-hydrogen) atoms. The van der Waals surface area contributed by atoms with Gasteiger partial charge in [0.05, 0.1) is 0 Å². The molecule has 0 bridgehead atoms. The van der Waals surface area contributed by atoms with Gasteiger partial charge in [0.2, 0.25) is 0 Å². The summed E-state index contributed by atoms with van der Waals surface area (Å²) in [7, 11) is 0. The summed E-state index contributed by atoms with van der Waals surface area (Å²) in [5, 5.41) is 5.17. The van der Waals surface area contributed by atoms with Gasteiger partial charge in [-0.15, -0.1) is 0 Å². The highest BCUT2D eigenvalue weighted by atomic mass is 14.4. The van der Waals surface area contributed by atoms with Gasteiger partial charge in [0.15, 0.2) is 0 Å². The molecule has 0 radical (unpaired) electrons. The molecular formula is C50H38. The van der Waals surface area contributed by atoms with Gasteiger partial charge in [-0.25, -0.2) is 0 Å². The van der Waals surface area contributed by atoms with E-state index in [1.807, 2.05) is 0 Å². The fourth-order valence-electron chi connectivity index (χ4n) is 9.42. The normalized spacial score (nSPS) is 14.7. The minimum atomic E-state index is -0.0788. The largest absolute Gasteiger partial charge is 0.0622 e. The van der Waals surface area contributed by atoms with E-state index in [1.54, 1.807) is 0 Å². The molecule has 238 valence electrons. The zero-order valence-corrected chi connectivity index (χ0v) is 29.0. The predicted molar refractivity (Wildman–Crippen MR) is 213 cm³/mol. The van der Waals surface area contributed by atoms with E-state index in [4.69, 9.17) is 0 Å². The topological polar surface area (TPSA) is 0 Å². The quantitative estimate of drug-likeness (QED) is 0.169. The lowest BCUT2D eigenvalue weighted by molar-refractivity contribution is 0.660. The molecule has 2 aliphatic carbocycles. The Morgan fingerprint density at radius 1 is 0.300 bits per heavy atom. The highest BCUT2D eigenvalue weighted by Crippen LogP contribution is 2.54. The van der Waals surface area contributed by atoms with Crippen molar-refractivity contribution in [3.63, 3.8) is 0 Å². The van der Waals surface area contributed by atoms with Crippen LogP contribution in [-0.2, 0) is 10.8 Å². The molecule has 0 amide bonds. The molecule has 0 atom stereocenters. The first kappa shape index (κ1) is 29.2. The van der Waals surface area contributed by atoms with Crippen molar-refractivity contribution in [1.82, 2.24) is 0 Å². The first-order valence-corrected chi connectivity index (χ1v) is 17.9. The standard InChI is InChI=1S/C50H38/c1-49(2)42-23-12-10-17-35(42)37-27-25-32(29-44(37)49)46-39-19-8-9-20-40(39)47(48-34(21-14-22-41(46)48)31-15-6-5-7-16-31)33-26-28-38-36-18-11-13-24-43(36)50(3,4)45(38)30-33/h5-30H,1-4H3. The Bertz CT molecular complexity index is 2690. The van der Waals surface area contributed by atoms with Crippen LogP contribution in [0.4, 0.5) is 0 Å². The molecule has 2 aliphatic rings. The summed E-state index contributed by atoms with van der Waals surface area (Å²) < 4.78 is 0. The van der Waals surface area contributed by atoms with E-state index in [9.17, 15) is 0 Å². The zero-order chi connectivity index (χ0) is 33.8. The maximum Gasteiger partial charge on any atom is 0.0159 e. The summed E-state index contributed by atoms with van der Waals surface area (Å²) in [4.78, 5) is 0. The van der Waals surface area contributed by atoms with Crippen molar-refractivity contribution in [3.05, 3.63) is 180 Å². The van der Waals surface area contributed by atoms with Crippen molar-refractivity contribution < 1.29 is 0 Å². The molecule has 0 fully saturated rings. The average Bonchev–Trinajstić information content (AvgIpc) is 3.53. The maximum absolute atomic E-state index is 2.49. The summed E-state index contributed by atoms with van der Waals surface area (Å²) in [5.41, 5.74) is 18.5. The van der Waals surface area contributed by atoms with Crippen molar-refractivity contribution in [2.24, 2.45) is 0 Å². The Morgan fingerprint density at radius 3 is 1.34 bits per heavy atom. The van der Waals surface area contributed by atoms with Crippen LogP contribution in [0.2, 0.25) is 0 Å². The van der Waals surface area contributed by atoms with Gasteiger partial charge in [-0.2, -0.15) is 0 Å². The molecule has 0 unspecified atom stereocenters. The zero-order valence-electron chi connectivity index (χ0n) is 29.0. The van der Waals surface area contributed by atoms with Crippen LogP contribution in [-0.4, -0.2) is 0 Å². The molecule has 8 aromatic carbocycles. The van der Waals surface area contributed by atoms with Crippen LogP contribution in [0, 0.1) is 0 Å². The third kappa shape index (κ3) is 3.94. The van der Waals surface area contributed by atoms with E-state index < -0.39 is 0 Å². The fraction of sp³-hybridized carbons (Fsp3) is 0.120. The molecule has 0 spiro atoms. The Morgan fingerprint density at radius 2 is 0.740 bits per heavy atom.